The molecule has 0 spiro atoms. The summed E-state index contributed by atoms with van der Waals surface area (Å²) in [6.07, 6.45) is -1.33. The Labute approximate surface area is 214 Å². The van der Waals surface area contributed by atoms with Crippen LogP contribution in [0.5, 0.6) is 0 Å². The van der Waals surface area contributed by atoms with Gasteiger partial charge in [-0.2, -0.15) is 13.2 Å². The maximum atomic E-state index is 12.3. The van der Waals surface area contributed by atoms with Crippen molar-refractivity contribution in [3.63, 3.8) is 0 Å². The molecule has 0 aromatic heterocycles. The van der Waals surface area contributed by atoms with E-state index in [1.165, 1.54) is 18.3 Å². The number of halogens is 3. The molecule has 0 aliphatic rings. The van der Waals surface area contributed by atoms with Gasteiger partial charge in [0.15, 0.2) is 0 Å². The maximum absolute atomic E-state index is 12.3. The molecular weight excluding hydrogens is 469 g/mol. The largest absolute Gasteiger partial charge is 0.444 e. The molecule has 2 aromatic carbocycles. The lowest BCUT2D eigenvalue weighted by Gasteiger charge is -2.20. The second-order valence-electron chi connectivity index (χ2n) is 8.46. The highest BCUT2D eigenvalue weighted by Gasteiger charge is 2.30. The SMILES string of the molecule is C.CC.CCCC(C=O)c1ccc(C(F)(F)F)cc1.Cc1cccc(NC(=O)OC(C)(C)C)c1C=N. The maximum Gasteiger partial charge on any atom is 0.416 e. The van der Waals surface area contributed by atoms with Gasteiger partial charge in [-0.3, -0.25) is 5.32 Å². The molecule has 1 atom stereocenters. The zero-order valence-corrected chi connectivity index (χ0v) is 21.5. The molecule has 5 nitrogen and oxygen atoms in total. The minimum atomic E-state index is -4.32. The van der Waals surface area contributed by atoms with Crippen molar-refractivity contribution in [2.75, 3.05) is 5.32 Å². The van der Waals surface area contributed by atoms with Crippen LogP contribution in [0.4, 0.5) is 23.7 Å². The molecule has 0 aliphatic carbocycles. The van der Waals surface area contributed by atoms with Gasteiger partial charge in [0.05, 0.1) is 11.3 Å². The van der Waals surface area contributed by atoms with Crippen LogP contribution in [0.25, 0.3) is 0 Å². The summed E-state index contributed by atoms with van der Waals surface area (Å²) >= 11 is 0. The lowest BCUT2D eigenvalue weighted by molar-refractivity contribution is -0.137. The number of carbonyl (C=O) groups excluding carboxylic acids is 2. The third kappa shape index (κ3) is 12.5. The Kier molecular flexibility index (Phi) is 16.0. The number of hydrogen-bond acceptors (Lipinski definition) is 4. The second-order valence-corrected chi connectivity index (χ2v) is 8.46. The Hall–Kier alpha value is -3.16. The number of rotatable bonds is 6. The monoisotopic (exact) mass is 510 g/mol. The van der Waals surface area contributed by atoms with E-state index in [1.807, 2.05) is 39.8 Å². The number of amides is 1. The highest BCUT2D eigenvalue weighted by atomic mass is 19.4. The quantitative estimate of drug-likeness (QED) is 0.301. The van der Waals surface area contributed by atoms with Crippen LogP contribution in [0.2, 0.25) is 0 Å². The smallest absolute Gasteiger partial charge is 0.416 e. The van der Waals surface area contributed by atoms with Gasteiger partial charge >= 0.3 is 12.3 Å². The van der Waals surface area contributed by atoms with Gasteiger partial charge in [0.1, 0.15) is 11.9 Å². The molecule has 0 aliphatic heterocycles. The molecule has 1 amide bonds. The van der Waals surface area contributed by atoms with Crippen LogP contribution in [-0.2, 0) is 15.7 Å². The number of aldehydes is 1. The summed E-state index contributed by atoms with van der Waals surface area (Å²) in [4.78, 5) is 22.4. The van der Waals surface area contributed by atoms with E-state index in [4.69, 9.17) is 10.1 Å². The fourth-order valence-corrected chi connectivity index (χ4v) is 2.94. The lowest BCUT2D eigenvalue weighted by atomic mass is 9.95. The molecule has 0 saturated heterocycles. The third-order valence-electron chi connectivity index (χ3n) is 4.53. The Balaban J connectivity index is 0. The minimum Gasteiger partial charge on any atom is -0.444 e. The predicted molar refractivity (Wildman–Crippen MR) is 142 cm³/mol. The first-order chi connectivity index (χ1) is 16.3. The number of aryl methyl sites for hydroxylation is 1. The Morgan fingerprint density at radius 1 is 1.08 bits per heavy atom. The fraction of sp³-hybridized carbons (Fsp3) is 0.464. The number of nitrogens with one attached hydrogen (secondary N) is 2. The van der Waals surface area contributed by atoms with Crippen molar-refractivity contribution in [2.45, 2.75) is 86.4 Å². The van der Waals surface area contributed by atoms with E-state index in [-0.39, 0.29) is 13.3 Å². The van der Waals surface area contributed by atoms with Crippen LogP contribution in [0, 0.1) is 12.3 Å². The number of ether oxygens (including phenoxy) is 1. The van der Waals surface area contributed by atoms with Gasteiger partial charge < -0.3 is 14.9 Å². The molecule has 0 fully saturated rings. The zero-order chi connectivity index (χ0) is 27.2. The second kappa shape index (κ2) is 16.5. The Morgan fingerprint density at radius 2 is 1.64 bits per heavy atom. The number of benzene rings is 2. The molecule has 1 unspecified atom stereocenters. The number of anilines is 1. The Morgan fingerprint density at radius 3 is 2.06 bits per heavy atom. The van der Waals surface area contributed by atoms with E-state index >= 15 is 0 Å². The van der Waals surface area contributed by atoms with Crippen LogP contribution in [-0.4, -0.2) is 24.2 Å². The van der Waals surface area contributed by atoms with Gasteiger partial charge in [-0.1, -0.05) is 58.9 Å². The van der Waals surface area contributed by atoms with Crippen molar-refractivity contribution < 1.29 is 27.5 Å². The summed E-state index contributed by atoms with van der Waals surface area (Å²) in [6.45, 7) is 13.2. The number of alkyl halides is 3. The van der Waals surface area contributed by atoms with Crippen molar-refractivity contribution in [1.29, 1.82) is 5.41 Å². The molecule has 202 valence electrons. The number of hydrogen-bond donors (Lipinski definition) is 2. The average molecular weight is 511 g/mol. The van der Waals surface area contributed by atoms with Gasteiger partial charge in [0, 0.05) is 17.7 Å². The van der Waals surface area contributed by atoms with Crippen molar-refractivity contribution in [2.24, 2.45) is 0 Å². The van der Waals surface area contributed by atoms with Gasteiger partial charge in [-0.25, -0.2) is 4.79 Å². The summed E-state index contributed by atoms with van der Waals surface area (Å²) in [5.41, 5.74) is 1.65. The van der Waals surface area contributed by atoms with Crippen molar-refractivity contribution >= 4 is 24.3 Å². The van der Waals surface area contributed by atoms with Crippen LogP contribution in [0.1, 0.15) is 90.0 Å². The molecule has 2 N–H and O–H groups in total. The van der Waals surface area contributed by atoms with Gasteiger partial charge in [-0.15, -0.1) is 0 Å². The van der Waals surface area contributed by atoms with Crippen molar-refractivity contribution in [3.05, 3.63) is 64.7 Å². The standard InChI is InChI=1S/C13H18N2O2.C12H13F3O.C2H6.CH4/c1-9-6-5-7-11(10(9)8-14)15-12(16)17-13(2,3)4;1-2-3-10(8-16)9-4-6-11(7-5-9)12(13,14)15;1-2;/h5-8,14H,1-4H3,(H,15,16);4-8,10H,2-3H2,1H3;1-2H3;1H4. The van der Waals surface area contributed by atoms with Gasteiger partial charge in [0.2, 0.25) is 0 Å². The summed E-state index contributed by atoms with van der Waals surface area (Å²) in [7, 11) is 0. The molecule has 8 heteroatoms. The van der Waals surface area contributed by atoms with Gasteiger partial charge in [-0.05, 0) is 63.4 Å². The zero-order valence-electron chi connectivity index (χ0n) is 21.5. The van der Waals surface area contributed by atoms with Crippen molar-refractivity contribution in [1.82, 2.24) is 0 Å². The predicted octanol–water partition coefficient (Wildman–Crippen LogP) is 8.79. The first kappa shape index (κ1) is 35.0. The number of carbonyl (C=O) groups is 2. The van der Waals surface area contributed by atoms with Crippen LogP contribution in [0.15, 0.2) is 42.5 Å². The summed E-state index contributed by atoms with van der Waals surface area (Å²) in [5, 5.41) is 9.98. The van der Waals surface area contributed by atoms with E-state index in [0.29, 0.717) is 23.2 Å². The molecule has 0 saturated carbocycles. The molecule has 0 radical (unpaired) electrons. The van der Waals surface area contributed by atoms with E-state index < -0.39 is 23.4 Å². The molecule has 0 bridgehead atoms. The van der Waals surface area contributed by atoms with E-state index in [0.717, 1.165) is 30.4 Å². The lowest BCUT2D eigenvalue weighted by Crippen LogP contribution is -2.27. The summed E-state index contributed by atoms with van der Waals surface area (Å²) < 4.78 is 42.0. The molecule has 2 rings (SSSR count). The van der Waals surface area contributed by atoms with Crippen LogP contribution >= 0.6 is 0 Å². The van der Waals surface area contributed by atoms with E-state index in [9.17, 15) is 22.8 Å². The van der Waals surface area contributed by atoms with Crippen LogP contribution < -0.4 is 5.32 Å². The third-order valence-corrected chi connectivity index (χ3v) is 4.53. The normalized spacial score (nSPS) is 11.3. The molecule has 2 aromatic rings. The highest BCUT2D eigenvalue weighted by molar-refractivity contribution is 5.95. The van der Waals surface area contributed by atoms with Crippen LogP contribution in [0.3, 0.4) is 0 Å². The summed E-state index contributed by atoms with van der Waals surface area (Å²) in [6, 6.07) is 10.2. The molecular formula is C28H41F3N2O3. The minimum absolute atomic E-state index is 0. The van der Waals surface area contributed by atoms with Crippen molar-refractivity contribution in [3.8, 4) is 0 Å². The van der Waals surface area contributed by atoms with E-state index in [2.05, 4.69) is 5.32 Å². The first-order valence-corrected chi connectivity index (χ1v) is 11.5. The first-order valence-electron chi connectivity index (χ1n) is 11.5. The van der Waals surface area contributed by atoms with E-state index in [1.54, 1.807) is 26.8 Å². The highest BCUT2D eigenvalue weighted by Crippen LogP contribution is 2.30. The summed E-state index contributed by atoms with van der Waals surface area (Å²) in [5.74, 6) is -0.299. The van der Waals surface area contributed by atoms with Gasteiger partial charge in [0.25, 0.3) is 0 Å². The molecule has 0 heterocycles. The fourth-order valence-electron chi connectivity index (χ4n) is 2.94. The average Bonchev–Trinajstić information content (AvgIpc) is 2.78. The molecule has 36 heavy (non-hydrogen) atoms. The Bertz CT molecular complexity index is 935. The topological polar surface area (TPSA) is 79.2 Å².